The number of hydrogen-bond acceptors (Lipinski definition) is 2. The average Bonchev–Trinajstić information content (AvgIpc) is 2.32. The van der Waals surface area contributed by atoms with Crippen LogP contribution in [0.25, 0.3) is 0 Å². The minimum atomic E-state index is 0.451. The summed E-state index contributed by atoms with van der Waals surface area (Å²) in [5, 5.41) is 4.06. The molecule has 1 N–H and O–H groups in total. The molecular weight excluding hydrogens is 232 g/mol. The summed E-state index contributed by atoms with van der Waals surface area (Å²) in [5.41, 5.74) is 0.451. The number of nitrogens with one attached hydrogen (secondary N) is 1. The molecular formula is C17H34N2. The third-order valence-electron chi connectivity index (χ3n) is 5.41. The number of rotatable bonds is 2. The van der Waals surface area contributed by atoms with Gasteiger partial charge in [0.15, 0.2) is 0 Å². The van der Waals surface area contributed by atoms with Crippen molar-refractivity contribution in [2.45, 2.75) is 71.9 Å². The van der Waals surface area contributed by atoms with Crippen LogP contribution in [0.2, 0.25) is 0 Å². The smallest absolute Gasteiger partial charge is 0.0120 e. The highest BCUT2D eigenvalue weighted by Crippen LogP contribution is 2.38. The lowest BCUT2D eigenvalue weighted by molar-refractivity contribution is 0.0952. The second-order valence-electron chi connectivity index (χ2n) is 8.16. The zero-order valence-electron chi connectivity index (χ0n) is 13.7. The molecule has 1 aliphatic carbocycles. The molecule has 0 aromatic rings. The predicted octanol–water partition coefficient (Wildman–Crippen LogP) is 3.52. The summed E-state index contributed by atoms with van der Waals surface area (Å²) >= 11 is 0. The molecule has 1 heterocycles. The molecule has 1 saturated carbocycles. The molecule has 2 heteroatoms. The number of piperidine rings is 1. The maximum absolute atomic E-state index is 4.06. The zero-order valence-corrected chi connectivity index (χ0v) is 13.7. The molecule has 2 nitrogen and oxygen atoms in total. The highest BCUT2D eigenvalue weighted by Gasteiger charge is 2.36. The van der Waals surface area contributed by atoms with Crippen LogP contribution in [-0.4, -0.2) is 37.1 Å². The van der Waals surface area contributed by atoms with E-state index in [0.29, 0.717) is 5.41 Å². The van der Waals surface area contributed by atoms with Gasteiger partial charge in [0, 0.05) is 18.6 Å². The molecule has 0 spiro atoms. The Morgan fingerprint density at radius 1 is 1.00 bits per heavy atom. The standard InChI is InChI=1S/C17H34N2/c1-13-12-19(5)11-10-15(13)18-16-9-7-6-8-14(16)17(2,3)4/h13-16,18H,6-12H2,1-5H3. The topological polar surface area (TPSA) is 15.3 Å². The summed E-state index contributed by atoms with van der Waals surface area (Å²) in [7, 11) is 2.26. The maximum atomic E-state index is 4.06. The summed E-state index contributed by atoms with van der Waals surface area (Å²) in [6, 6.07) is 1.49. The highest BCUT2D eigenvalue weighted by atomic mass is 15.1. The first kappa shape index (κ1) is 15.3. The van der Waals surface area contributed by atoms with E-state index in [1.807, 2.05) is 0 Å². The summed E-state index contributed by atoms with van der Waals surface area (Å²) in [6.45, 7) is 12.2. The van der Waals surface area contributed by atoms with Gasteiger partial charge in [0.25, 0.3) is 0 Å². The molecule has 0 radical (unpaired) electrons. The van der Waals surface area contributed by atoms with Crippen molar-refractivity contribution in [3.05, 3.63) is 0 Å². The zero-order chi connectivity index (χ0) is 14.0. The van der Waals surface area contributed by atoms with Gasteiger partial charge in [0.05, 0.1) is 0 Å². The molecule has 2 fully saturated rings. The van der Waals surface area contributed by atoms with E-state index in [1.54, 1.807) is 0 Å². The highest BCUT2D eigenvalue weighted by molar-refractivity contribution is 4.92. The van der Waals surface area contributed by atoms with Crippen molar-refractivity contribution in [2.75, 3.05) is 20.1 Å². The molecule has 0 aromatic heterocycles. The Kier molecular flexibility index (Phi) is 4.94. The molecule has 0 bridgehead atoms. The summed E-state index contributed by atoms with van der Waals surface area (Å²) in [4.78, 5) is 2.48. The van der Waals surface area contributed by atoms with Crippen LogP contribution in [0.3, 0.4) is 0 Å². The molecule has 0 aromatic carbocycles. The Labute approximate surface area is 120 Å². The molecule has 4 atom stereocenters. The quantitative estimate of drug-likeness (QED) is 0.822. The van der Waals surface area contributed by atoms with E-state index < -0.39 is 0 Å². The third kappa shape index (κ3) is 3.95. The molecule has 112 valence electrons. The van der Waals surface area contributed by atoms with Crippen molar-refractivity contribution in [2.24, 2.45) is 17.3 Å². The first-order chi connectivity index (χ1) is 8.88. The lowest BCUT2D eigenvalue weighted by Crippen LogP contribution is -2.54. The van der Waals surface area contributed by atoms with Gasteiger partial charge in [-0.25, -0.2) is 0 Å². The maximum Gasteiger partial charge on any atom is 0.0120 e. The van der Waals surface area contributed by atoms with E-state index >= 15 is 0 Å². The number of likely N-dealkylation sites (tertiary alicyclic amines) is 1. The number of hydrogen-bond donors (Lipinski definition) is 1. The van der Waals surface area contributed by atoms with Crippen LogP contribution in [0.5, 0.6) is 0 Å². The minimum absolute atomic E-state index is 0.451. The SMILES string of the molecule is CC1CN(C)CCC1NC1CCCCC1C(C)(C)C. The second kappa shape index (κ2) is 6.13. The largest absolute Gasteiger partial charge is 0.311 e. The van der Waals surface area contributed by atoms with Gasteiger partial charge in [-0.15, -0.1) is 0 Å². The molecule has 2 aliphatic rings. The summed E-state index contributed by atoms with van der Waals surface area (Å²) < 4.78 is 0. The van der Waals surface area contributed by atoms with Gasteiger partial charge in [-0.05, 0) is 50.1 Å². The van der Waals surface area contributed by atoms with Gasteiger partial charge in [0.2, 0.25) is 0 Å². The van der Waals surface area contributed by atoms with Crippen LogP contribution in [-0.2, 0) is 0 Å². The first-order valence-electron chi connectivity index (χ1n) is 8.32. The molecule has 0 amide bonds. The Morgan fingerprint density at radius 3 is 2.32 bits per heavy atom. The fraction of sp³-hybridized carbons (Fsp3) is 1.00. The van der Waals surface area contributed by atoms with Crippen molar-refractivity contribution in [1.82, 2.24) is 10.2 Å². The van der Waals surface area contributed by atoms with Crippen LogP contribution in [0.1, 0.15) is 59.8 Å². The summed E-state index contributed by atoms with van der Waals surface area (Å²) in [5.74, 6) is 1.65. The molecule has 1 saturated heterocycles. The van der Waals surface area contributed by atoms with Gasteiger partial charge in [-0.1, -0.05) is 40.5 Å². The fourth-order valence-electron chi connectivity index (χ4n) is 4.24. The van der Waals surface area contributed by atoms with Crippen LogP contribution in [0, 0.1) is 17.3 Å². The lowest BCUT2D eigenvalue weighted by Gasteiger charge is -2.45. The van der Waals surface area contributed by atoms with Gasteiger partial charge < -0.3 is 10.2 Å². The van der Waals surface area contributed by atoms with Crippen molar-refractivity contribution < 1.29 is 0 Å². The first-order valence-corrected chi connectivity index (χ1v) is 8.32. The van der Waals surface area contributed by atoms with Crippen LogP contribution >= 0.6 is 0 Å². The summed E-state index contributed by atoms with van der Waals surface area (Å²) in [6.07, 6.45) is 6.99. The molecule has 1 aliphatic heterocycles. The average molecular weight is 266 g/mol. The Balaban J connectivity index is 1.96. The van der Waals surface area contributed by atoms with Crippen LogP contribution in [0.15, 0.2) is 0 Å². The Bertz CT molecular complexity index is 281. The van der Waals surface area contributed by atoms with Crippen molar-refractivity contribution in [1.29, 1.82) is 0 Å². The van der Waals surface area contributed by atoms with E-state index in [9.17, 15) is 0 Å². The van der Waals surface area contributed by atoms with Crippen LogP contribution < -0.4 is 5.32 Å². The monoisotopic (exact) mass is 266 g/mol. The van der Waals surface area contributed by atoms with E-state index in [2.05, 4.69) is 45.0 Å². The van der Waals surface area contributed by atoms with E-state index in [-0.39, 0.29) is 0 Å². The van der Waals surface area contributed by atoms with E-state index in [1.165, 1.54) is 45.2 Å². The van der Waals surface area contributed by atoms with Gasteiger partial charge in [-0.2, -0.15) is 0 Å². The van der Waals surface area contributed by atoms with Gasteiger partial charge in [-0.3, -0.25) is 0 Å². The number of nitrogens with zero attached hydrogens (tertiary/aromatic N) is 1. The van der Waals surface area contributed by atoms with E-state index in [0.717, 1.165) is 23.9 Å². The molecule has 4 unspecified atom stereocenters. The Morgan fingerprint density at radius 2 is 1.68 bits per heavy atom. The minimum Gasteiger partial charge on any atom is -0.311 e. The Hall–Kier alpha value is -0.0800. The predicted molar refractivity (Wildman–Crippen MR) is 83.4 cm³/mol. The fourth-order valence-corrected chi connectivity index (χ4v) is 4.24. The molecule has 19 heavy (non-hydrogen) atoms. The van der Waals surface area contributed by atoms with Crippen molar-refractivity contribution in [3.63, 3.8) is 0 Å². The third-order valence-corrected chi connectivity index (χ3v) is 5.41. The van der Waals surface area contributed by atoms with Crippen molar-refractivity contribution in [3.8, 4) is 0 Å². The van der Waals surface area contributed by atoms with Crippen LogP contribution in [0.4, 0.5) is 0 Å². The van der Waals surface area contributed by atoms with Gasteiger partial charge >= 0.3 is 0 Å². The van der Waals surface area contributed by atoms with E-state index in [4.69, 9.17) is 0 Å². The van der Waals surface area contributed by atoms with Gasteiger partial charge in [0.1, 0.15) is 0 Å². The second-order valence-corrected chi connectivity index (χ2v) is 8.16. The lowest BCUT2D eigenvalue weighted by atomic mass is 9.69. The molecule has 2 rings (SSSR count). The normalized spacial score (nSPS) is 38.4. The van der Waals surface area contributed by atoms with Crippen molar-refractivity contribution >= 4 is 0 Å².